The van der Waals surface area contributed by atoms with Crippen molar-refractivity contribution in [2.75, 3.05) is 12.0 Å². The Balaban J connectivity index is 2.67. The Morgan fingerprint density at radius 1 is 1.25 bits per heavy atom. The summed E-state index contributed by atoms with van der Waals surface area (Å²) < 4.78 is 0. The molecule has 0 saturated carbocycles. The molecule has 0 heterocycles. The highest BCUT2D eigenvalue weighted by atomic mass is 32.2. The summed E-state index contributed by atoms with van der Waals surface area (Å²) in [5, 5.41) is 14.5. The summed E-state index contributed by atoms with van der Waals surface area (Å²) in [7, 11) is 0. The summed E-state index contributed by atoms with van der Waals surface area (Å²) in [6, 6.07) is 7.19. The molecular weight excluding hydrogens is 276 g/mol. The number of carbonyl (C=O) groups is 2. The number of rotatable bonds is 7. The molecule has 2 amide bonds. The van der Waals surface area contributed by atoms with Crippen molar-refractivity contribution in [2.24, 2.45) is 0 Å². The van der Waals surface area contributed by atoms with E-state index in [1.165, 1.54) is 0 Å². The Morgan fingerprint density at radius 2 is 1.90 bits per heavy atom. The largest absolute Gasteiger partial charge is 0.479 e. The molecule has 0 saturated heterocycles. The van der Waals surface area contributed by atoms with Gasteiger partial charge in [0.05, 0.1) is 0 Å². The maximum Gasteiger partial charge on any atom is 0.330 e. The number of aliphatic carboxylic acids is 1. The van der Waals surface area contributed by atoms with Crippen molar-refractivity contribution in [3.05, 3.63) is 35.9 Å². The van der Waals surface area contributed by atoms with Crippen LogP contribution in [0.1, 0.15) is 24.9 Å². The van der Waals surface area contributed by atoms with Gasteiger partial charge in [0.2, 0.25) is 0 Å². The first-order chi connectivity index (χ1) is 9.58. The highest BCUT2D eigenvalue weighted by molar-refractivity contribution is 7.98. The third-order valence-electron chi connectivity index (χ3n) is 2.85. The highest BCUT2D eigenvalue weighted by Gasteiger charge is 2.22. The summed E-state index contributed by atoms with van der Waals surface area (Å²) in [5.74, 6) is -0.281. The van der Waals surface area contributed by atoms with E-state index in [4.69, 9.17) is 0 Å². The number of carboxylic acids is 1. The summed E-state index contributed by atoms with van der Waals surface area (Å²) in [6.45, 7) is 1.98. The summed E-state index contributed by atoms with van der Waals surface area (Å²) >= 11 is 1.64. The van der Waals surface area contributed by atoms with Crippen LogP contribution in [0.3, 0.4) is 0 Å². The molecule has 2 unspecified atom stereocenters. The van der Waals surface area contributed by atoms with Gasteiger partial charge in [-0.3, -0.25) is 0 Å². The van der Waals surface area contributed by atoms with Gasteiger partial charge in [-0.15, -0.1) is 0 Å². The van der Waals surface area contributed by atoms with Crippen molar-refractivity contribution >= 4 is 23.8 Å². The quantitative estimate of drug-likeness (QED) is 0.721. The number of benzene rings is 1. The van der Waals surface area contributed by atoms with Crippen LogP contribution < -0.4 is 10.6 Å². The van der Waals surface area contributed by atoms with Crippen molar-refractivity contribution in [3.63, 3.8) is 0 Å². The van der Waals surface area contributed by atoms with E-state index in [-0.39, 0.29) is 6.04 Å². The van der Waals surface area contributed by atoms with Gasteiger partial charge in [-0.25, -0.2) is 9.59 Å². The minimum Gasteiger partial charge on any atom is -0.479 e. The molecule has 1 rings (SSSR count). The number of hydrogen-bond acceptors (Lipinski definition) is 3. The van der Waals surface area contributed by atoms with Gasteiger partial charge in [0, 0.05) is 11.8 Å². The van der Waals surface area contributed by atoms with E-state index in [0.29, 0.717) is 5.56 Å². The zero-order valence-corrected chi connectivity index (χ0v) is 12.4. The predicted molar refractivity (Wildman–Crippen MR) is 80.9 cm³/mol. The second-order valence-corrected chi connectivity index (χ2v) is 5.27. The fourth-order valence-electron chi connectivity index (χ4n) is 1.75. The van der Waals surface area contributed by atoms with Crippen molar-refractivity contribution < 1.29 is 14.7 Å². The molecule has 1 aromatic carbocycles. The Bertz CT molecular complexity index is 439. The molecular formula is C14H20N2O3S. The van der Waals surface area contributed by atoms with Crippen LogP contribution in [-0.2, 0) is 4.79 Å². The lowest BCUT2D eigenvalue weighted by atomic mass is 10.1. The van der Waals surface area contributed by atoms with Gasteiger partial charge in [-0.05, 0) is 18.2 Å². The number of amides is 2. The molecule has 1 aromatic rings. The topological polar surface area (TPSA) is 78.4 Å². The Hall–Kier alpha value is -1.69. The van der Waals surface area contributed by atoms with Crippen molar-refractivity contribution in [3.8, 4) is 0 Å². The molecule has 0 aromatic heterocycles. The van der Waals surface area contributed by atoms with Gasteiger partial charge < -0.3 is 15.7 Å². The highest BCUT2D eigenvalue weighted by Crippen LogP contribution is 2.12. The Kier molecular flexibility index (Phi) is 6.93. The molecule has 0 aliphatic heterocycles. The molecule has 5 nitrogen and oxygen atoms in total. The second kappa shape index (κ2) is 8.47. The summed E-state index contributed by atoms with van der Waals surface area (Å²) in [5.41, 5.74) is 0.549. The first kappa shape index (κ1) is 16.4. The van der Waals surface area contributed by atoms with Gasteiger partial charge in [0.15, 0.2) is 6.04 Å². The lowest BCUT2D eigenvalue weighted by Crippen LogP contribution is -2.46. The molecule has 110 valence electrons. The third-order valence-corrected chi connectivity index (χ3v) is 3.59. The summed E-state index contributed by atoms with van der Waals surface area (Å²) in [6.07, 6.45) is 2.77. The summed E-state index contributed by atoms with van der Waals surface area (Å²) in [4.78, 5) is 23.2. The number of hydrogen-bond donors (Lipinski definition) is 3. The van der Waals surface area contributed by atoms with Crippen LogP contribution >= 0.6 is 11.8 Å². The van der Waals surface area contributed by atoms with Gasteiger partial charge in [0.25, 0.3) is 0 Å². The van der Waals surface area contributed by atoms with Crippen LogP contribution in [0.4, 0.5) is 4.79 Å². The van der Waals surface area contributed by atoms with E-state index >= 15 is 0 Å². The minimum absolute atomic E-state index is 0.0372. The number of nitrogens with one attached hydrogen (secondary N) is 2. The SMILES string of the molecule is CCC(CSC)NC(=O)NC(C(=O)O)c1ccccc1. The van der Waals surface area contributed by atoms with Gasteiger partial charge >= 0.3 is 12.0 Å². The Labute approximate surface area is 123 Å². The van der Waals surface area contributed by atoms with Gasteiger partial charge in [-0.1, -0.05) is 37.3 Å². The second-order valence-electron chi connectivity index (χ2n) is 4.36. The van der Waals surface area contributed by atoms with E-state index in [1.54, 1.807) is 42.1 Å². The van der Waals surface area contributed by atoms with E-state index in [0.717, 1.165) is 12.2 Å². The molecule has 6 heteroatoms. The molecule has 0 aliphatic rings. The normalized spacial score (nSPS) is 13.3. The van der Waals surface area contributed by atoms with Crippen LogP contribution in [0.2, 0.25) is 0 Å². The standard InChI is InChI=1S/C14H20N2O3S/c1-3-11(9-20-2)15-14(19)16-12(13(17)18)10-7-5-4-6-8-10/h4-8,11-12H,3,9H2,1-2H3,(H,17,18)(H2,15,16,19). The van der Waals surface area contributed by atoms with E-state index in [1.807, 2.05) is 13.2 Å². The molecule has 20 heavy (non-hydrogen) atoms. The number of carboxylic acid groups (broad SMARTS) is 1. The molecule has 0 spiro atoms. The van der Waals surface area contributed by atoms with Crippen molar-refractivity contribution in [1.29, 1.82) is 0 Å². The maximum atomic E-state index is 11.9. The molecule has 0 bridgehead atoms. The number of carbonyl (C=O) groups excluding carboxylic acids is 1. The molecule has 0 fully saturated rings. The predicted octanol–water partition coefficient (Wildman–Crippen LogP) is 2.25. The van der Waals surface area contributed by atoms with E-state index in [9.17, 15) is 14.7 Å². The van der Waals surface area contributed by atoms with E-state index in [2.05, 4.69) is 10.6 Å². The average molecular weight is 296 g/mol. The van der Waals surface area contributed by atoms with Crippen LogP contribution in [0.25, 0.3) is 0 Å². The average Bonchev–Trinajstić information content (AvgIpc) is 2.45. The monoisotopic (exact) mass is 296 g/mol. The fraction of sp³-hybridized carbons (Fsp3) is 0.429. The minimum atomic E-state index is -1.08. The molecule has 3 N–H and O–H groups in total. The molecule has 0 radical (unpaired) electrons. The fourth-order valence-corrected chi connectivity index (χ4v) is 2.48. The third kappa shape index (κ3) is 5.13. The molecule has 0 aliphatic carbocycles. The number of urea groups is 1. The lowest BCUT2D eigenvalue weighted by Gasteiger charge is -2.19. The van der Waals surface area contributed by atoms with Crippen LogP contribution in [0.15, 0.2) is 30.3 Å². The molecule has 2 atom stereocenters. The zero-order valence-electron chi connectivity index (χ0n) is 11.6. The zero-order chi connectivity index (χ0) is 15.0. The van der Waals surface area contributed by atoms with Crippen LogP contribution in [-0.4, -0.2) is 35.2 Å². The first-order valence-electron chi connectivity index (χ1n) is 6.42. The lowest BCUT2D eigenvalue weighted by molar-refractivity contribution is -0.139. The van der Waals surface area contributed by atoms with Crippen molar-refractivity contribution in [1.82, 2.24) is 10.6 Å². The maximum absolute atomic E-state index is 11.9. The number of thioether (sulfide) groups is 1. The first-order valence-corrected chi connectivity index (χ1v) is 7.81. The van der Waals surface area contributed by atoms with Crippen LogP contribution in [0, 0.1) is 0 Å². The van der Waals surface area contributed by atoms with Gasteiger partial charge in [0.1, 0.15) is 0 Å². The smallest absolute Gasteiger partial charge is 0.330 e. The van der Waals surface area contributed by atoms with Crippen molar-refractivity contribution in [2.45, 2.75) is 25.4 Å². The van der Waals surface area contributed by atoms with Crippen LogP contribution in [0.5, 0.6) is 0 Å². The van der Waals surface area contributed by atoms with Gasteiger partial charge in [-0.2, -0.15) is 11.8 Å². The van der Waals surface area contributed by atoms with E-state index < -0.39 is 18.0 Å². The Morgan fingerprint density at radius 3 is 2.40 bits per heavy atom.